The number of likely N-dealkylation sites (tertiary alicyclic amines) is 1. The van der Waals surface area contributed by atoms with Crippen LogP contribution in [0.4, 0.5) is 0 Å². The fraction of sp³-hybridized carbons (Fsp3) is 0.583. The maximum absolute atomic E-state index is 10.4. The molecule has 1 aromatic heterocycles. The molecule has 1 N–H and O–H groups in total. The lowest BCUT2D eigenvalue weighted by Gasteiger charge is -2.47. The number of carboxylic acid groups (broad SMARTS) is 1. The summed E-state index contributed by atoms with van der Waals surface area (Å²) >= 11 is 1.78. The number of rotatable bonds is 6. The van der Waals surface area contributed by atoms with Crippen molar-refractivity contribution in [3.8, 4) is 0 Å². The van der Waals surface area contributed by atoms with Crippen molar-refractivity contribution in [2.45, 2.75) is 18.9 Å². The fourth-order valence-corrected chi connectivity index (χ4v) is 2.81. The van der Waals surface area contributed by atoms with E-state index in [1.807, 2.05) is 6.92 Å². The van der Waals surface area contributed by atoms with Gasteiger partial charge in [0.2, 0.25) is 0 Å². The SMILES string of the molecule is CC1(OCC(=O)O)CN(CCc2cccs2)C1. The minimum Gasteiger partial charge on any atom is -0.480 e. The highest BCUT2D eigenvalue weighted by molar-refractivity contribution is 7.09. The fourth-order valence-electron chi connectivity index (χ4n) is 2.11. The van der Waals surface area contributed by atoms with E-state index in [1.54, 1.807) is 11.3 Å². The Morgan fingerprint density at radius 1 is 1.65 bits per heavy atom. The quantitative estimate of drug-likeness (QED) is 0.836. The van der Waals surface area contributed by atoms with Gasteiger partial charge in [0, 0.05) is 24.5 Å². The number of thiophene rings is 1. The molecular weight excluding hydrogens is 238 g/mol. The predicted molar refractivity (Wildman–Crippen MR) is 66.5 cm³/mol. The molecule has 94 valence electrons. The Bertz CT molecular complexity index is 371. The molecule has 0 unspecified atom stereocenters. The number of hydrogen-bond donors (Lipinski definition) is 1. The third kappa shape index (κ3) is 3.52. The molecule has 2 heterocycles. The zero-order valence-electron chi connectivity index (χ0n) is 9.89. The van der Waals surface area contributed by atoms with E-state index in [4.69, 9.17) is 9.84 Å². The standard InChI is InChI=1S/C12H17NO3S/c1-12(16-7-11(14)15)8-13(9-12)5-4-10-3-2-6-17-10/h2-3,6H,4-5,7-9H2,1H3,(H,14,15). The summed E-state index contributed by atoms with van der Waals surface area (Å²) < 4.78 is 5.36. The smallest absolute Gasteiger partial charge is 0.329 e. The minimum absolute atomic E-state index is 0.199. The van der Waals surface area contributed by atoms with Crippen molar-refractivity contribution in [1.82, 2.24) is 4.90 Å². The van der Waals surface area contributed by atoms with Crippen LogP contribution in [-0.2, 0) is 16.0 Å². The van der Waals surface area contributed by atoms with Crippen LogP contribution in [0, 0.1) is 0 Å². The number of carboxylic acids is 1. The molecule has 1 saturated heterocycles. The molecule has 17 heavy (non-hydrogen) atoms. The largest absolute Gasteiger partial charge is 0.480 e. The number of ether oxygens (including phenoxy) is 1. The van der Waals surface area contributed by atoms with Gasteiger partial charge in [-0.3, -0.25) is 4.90 Å². The second kappa shape index (κ2) is 5.16. The molecule has 0 radical (unpaired) electrons. The van der Waals surface area contributed by atoms with Gasteiger partial charge in [-0.1, -0.05) is 6.07 Å². The van der Waals surface area contributed by atoms with Crippen LogP contribution in [-0.4, -0.2) is 47.8 Å². The topological polar surface area (TPSA) is 49.8 Å². The molecule has 0 saturated carbocycles. The van der Waals surface area contributed by atoms with E-state index in [-0.39, 0.29) is 12.2 Å². The molecule has 5 heteroatoms. The zero-order chi connectivity index (χ0) is 12.3. The van der Waals surface area contributed by atoms with Crippen molar-refractivity contribution < 1.29 is 14.6 Å². The Morgan fingerprint density at radius 3 is 3.00 bits per heavy atom. The normalized spacial score (nSPS) is 18.9. The van der Waals surface area contributed by atoms with Crippen LogP contribution in [0.15, 0.2) is 17.5 Å². The highest BCUT2D eigenvalue weighted by Gasteiger charge is 2.39. The Balaban J connectivity index is 1.66. The zero-order valence-corrected chi connectivity index (χ0v) is 10.7. The molecule has 0 amide bonds. The van der Waals surface area contributed by atoms with Gasteiger partial charge in [0.1, 0.15) is 6.61 Å². The first-order chi connectivity index (χ1) is 8.07. The number of carbonyl (C=O) groups is 1. The summed E-state index contributed by atoms with van der Waals surface area (Å²) in [5.41, 5.74) is -0.270. The average Bonchev–Trinajstić information content (AvgIpc) is 2.73. The number of nitrogens with zero attached hydrogens (tertiary/aromatic N) is 1. The molecule has 0 spiro atoms. The van der Waals surface area contributed by atoms with Gasteiger partial charge in [0.05, 0.1) is 5.60 Å². The van der Waals surface area contributed by atoms with Gasteiger partial charge < -0.3 is 9.84 Å². The minimum atomic E-state index is -0.900. The molecule has 0 atom stereocenters. The Morgan fingerprint density at radius 2 is 2.41 bits per heavy atom. The first-order valence-electron chi connectivity index (χ1n) is 5.68. The van der Waals surface area contributed by atoms with Crippen LogP contribution < -0.4 is 0 Å². The Hall–Kier alpha value is -0.910. The average molecular weight is 255 g/mol. The molecule has 1 fully saturated rings. The molecule has 0 bridgehead atoms. The summed E-state index contributed by atoms with van der Waals surface area (Å²) in [5, 5.41) is 10.6. The van der Waals surface area contributed by atoms with Crippen LogP contribution in [0.1, 0.15) is 11.8 Å². The maximum atomic E-state index is 10.4. The molecule has 4 nitrogen and oxygen atoms in total. The van der Waals surface area contributed by atoms with Crippen LogP contribution in [0.5, 0.6) is 0 Å². The van der Waals surface area contributed by atoms with Crippen LogP contribution in [0.25, 0.3) is 0 Å². The van der Waals surface area contributed by atoms with Gasteiger partial charge in [0.15, 0.2) is 0 Å². The van der Waals surface area contributed by atoms with Gasteiger partial charge in [-0.25, -0.2) is 4.79 Å². The highest BCUT2D eigenvalue weighted by atomic mass is 32.1. The lowest BCUT2D eigenvalue weighted by molar-refractivity contribution is -0.164. The van der Waals surface area contributed by atoms with Crippen LogP contribution >= 0.6 is 11.3 Å². The second-order valence-electron chi connectivity index (χ2n) is 4.67. The maximum Gasteiger partial charge on any atom is 0.329 e. The third-order valence-electron chi connectivity index (χ3n) is 2.91. The highest BCUT2D eigenvalue weighted by Crippen LogP contribution is 2.25. The first-order valence-corrected chi connectivity index (χ1v) is 6.56. The Kier molecular flexibility index (Phi) is 3.81. The van der Waals surface area contributed by atoms with Gasteiger partial charge >= 0.3 is 5.97 Å². The van der Waals surface area contributed by atoms with E-state index in [0.29, 0.717) is 0 Å². The van der Waals surface area contributed by atoms with E-state index < -0.39 is 5.97 Å². The van der Waals surface area contributed by atoms with Gasteiger partial charge in [-0.15, -0.1) is 11.3 Å². The number of aliphatic carboxylic acids is 1. The molecule has 1 aliphatic rings. The van der Waals surface area contributed by atoms with Crippen molar-refractivity contribution in [3.63, 3.8) is 0 Å². The van der Waals surface area contributed by atoms with E-state index in [2.05, 4.69) is 22.4 Å². The van der Waals surface area contributed by atoms with Crippen molar-refractivity contribution in [2.24, 2.45) is 0 Å². The molecule has 1 aromatic rings. The van der Waals surface area contributed by atoms with E-state index in [0.717, 1.165) is 26.1 Å². The van der Waals surface area contributed by atoms with Crippen molar-refractivity contribution in [2.75, 3.05) is 26.2 Å². The molecule has 0 aliphatic carbocycles. The third-order valence-corrected chi connectivity index (χ3v) is 3.85. The van der Waals surface area contributed by atoms with E-state index >= 15 is 0 Å². The monoisotopic (exact) mass is 255 g/mol. The lowest BCUT2D eigenvalue weighted by Crippen LogP contribution is -2.61. The summed E-state index contributed by atoms with van der Waals surface area (Å²) in [6.45, 7) is 4.44. The summed E-state index contributed by atoms with van der Waals surface area (Å²) in [7, 11) is 0. The Labute approximate surface area is 105 Å². The van der Waals surface area contributed by atoms with Crippen molar-refractivity contribution in [1.29, 1.82) is 0 Å². The summed E-state index contributed by atoms with van der Waals surface area (Å²) in [5.74, 6) is -0.900. The second-order valence-corrected chi connectivity index (χ2v) is 5.70. The lowest BCUT2D eigenvalue weighted by atomic mass is 9.96. The van der Waals surface area contributed by atoms with E-state index in [9.17, 15) is 4.79 Å². The predicted octanol–water partition coefficient (Wildman–Crippen LogP) is 1.47. The van der Waals surface area contributed by atoms with E-state index in [1.165, 1.54) is 4.88 Å². The van der Waals surface area contributed by atoms with Gasteiger partial charge in [0.25, 0.3) is 0 Å². The summed E-state index contributed by atoms with van der Waals surface area (Å²) in [6.07, 6.45) is 1.06. The molecular formula is C12H17NO3S. The molecule has 2 rings (SSSR count). The summed E-state index contributed by atoms with van der Waals surface area (Å²) in [4.78, 5) is 14.1. The van der Waals surface area contributed by atoms with Crippen molar-refractivity contribution >= 4 is 17.3 Å². The molecule has 1 aliphatic heterocycles. The van der Waals surface area contributed by atoms with Gasteiger partial charge in [-0.2, -0.15) is 0 Å². The van der Waals surface area contributed by atoms with Crippen molar-refractivity contribution in [3.05, 3.63) is 22.4 Å². The van der Waals surface area contributed by atoms with Gasteiger partial charge in [-0.05, 0) is 24.8 Å². The van der Waals surface area contributed by atoms with Crippen LogP contribution in [0.3, 0.4) is 0 Å². The van der Waals surface area contributed by atoms with Crippen LogP contribution in [0.2, 0.25) is 0 Å². The molecule has 0 aromatic carbocycles. The number of hydrogen-bond acceptors (Lipinski definition) is 4. The first kappa shape index (κ1) is 12.5. The summed E-state index contributed by atoms with van der Waals surface area (Å²) in [6, 6.07) is 4.21.